The standard InChI is InChI=1S/C24H23N3O5S/c1-24(2,3)16-9-11-17(12-10-16)33(30,31)27-20-13-18-19(14-25-20)26-22(32-23(28)29)21(18)15-7-5-4-6-8-15/h4-14,26H,1-3H3,(H,25,27)(H,28,29). The van der Waals surface area contributed by atoms with Gasteiger partial charge in [0.15, 0.2) is 0 Å². The van der Waals surface area contributed by atoms with Crippen LogP contribution < -0.4 is 9.46 Å². The summed E-state index contributed by atoms with van der Waals surface area (Å²) >= 11 is 0. The number of anilines is 1. The van der Waals surface area contributed by atoms with Gasteiger partial charge in [0, 0.05) is 5.39 Å². The SMILES string of the molecule is CC(C)(C)c1ccc(S(=O)(=O)Nc2cc3c(-c4ccccc4)c(OC(=O)O)[nH]c3cn2)cc1. The number of carboxylic acid groups (broad SMARTS) is 1. The summed E-state index contributed by atoms with van der Waals surface area (Å²) in [4.78, 5) is 18.4. The molecule has 0 unspecified atom stereocenters. The molecule has 33 heavy (non-hydrogen) atoms. The van der Waals surface area contributed by atoms with Crippen molar-refractivity contribution in [2.45, 2.75) is 31.1 Å². The molecule has 0 bridgehead atoms. The van der Waals surface area contributed by atoms with E-state index < -0.39 is 16.2 Å². The maximum atomic E-state index is 12.9. The molecule has 0 amide bonds. The molecule has 2 aromatic carbocycles. The second-order valence-electron chi connectivity index (χ2n) is 8.56. The first-order chi connectivity index (χ1) is 15.5. The van der Waals surface area contributed by atoms with Crippen molar-refractivity contribution >= 4 is 32.9 Å². The van der Waals surface area contributed by atoms with Crippen molar-refractivity contribution in [3.63, 3.8) is 0 Å². The minimum Gasteiger partial charge on any atom is -0.449 e. The number of hydrogen-bond donors (Lipinski definition) is 3. The van der Waals surface area contributed by atoms with Crippen molar-refractivity contribution in [2.75, 3.05) is 4.72 Å². The number of rotatable bonds is 5. The van der Waals surface area contributed by atoms with Gasteiger partial charge in [-0.3, -0.25) is 4.72 Å². The van der Waals surface area contributed by atoms with Crippen molar-refractivity contribution in [3.8, 4) is 17.0 Å². The van der Waals surface area contributed by atoms with Crippen LogP contribution in [0.5, 0.6) is 5.88 Å². The van der Waals surface area contributed by atoms with E-state index in [0.717, 1.165) is 5.56 Å². The Labute approximate surface area is 191 Å². The number of aromatic amines is 1. The first-order valence-electron chi connectivity index (χ1n) is 10.2. The van der Waals surface area contributed by atoms with Crippen molar-refractivity contribution in [2.24, 2.45) is 0 Å². The summed E-state index contributed by atoms with van der Waals surface area (Å²) in [6, 6.07) is 17.3. The Hall–Kier alpha value is -3.85. The zero-order chi connectivity index (χ0) is 23.8. The van der Waals surface area contributed by atoms with E-state index in [-0.39, 0.29) is 22.0 Å². The molecule has 8 nitrogen and oxygen atoms in total. The summed E-state index contributed by atoms with van der Waals surface area (Å²) in [6.45, 7) is 6.16. The van der Waals surface area contributed by atoms with Gasteiger partial charge in [-0.2, -0.15) is 0 Å². The summed E-state index contributed by atoms with van der Waals surface area (Å²) in [7, 11) is -3.88. The number of carbonyl (C=O) groups is 1. The Morgan fingerprint density at radius 1 is 1.06 bits per heavy atom. The minimum absolute atomic E-state index is 0.0308. The molecule has 0 saturated carbocycles. The van der Waals surface area contributed by atoms with Crippen molar-refractivity contribution in [1.82, 2.24) is 9.97 Å². The third-order valence-corrected chi connectivity index (χ3v) is 6.54. The lowest BCUT2D eigenvalue weighted by molar-refractivity contribution is 0.143. The molecular formula is C24H23N3O5S. The molecule has 3 N–H and O–H groups in total. The van der Waals surface area contributed by atoms with Gasteiger partial charge in [0.2, 0.25) is 5.88 Å². The number of nitrogens with one attached hydrogen (secondary N) is 2. The van der Waals surface area contributed by atoms with E-state index in [4.69, 9.17) is 9.84 Å². The van der Waals surface area contributed by atoms with Crippen LogP contribution in [-0.2, 0) is 15.4 Å². The van der Waals surface area contributed by atoms with Gasteiger partial charge in [-0.25, -0.2) is 18.2 Å². The smallest absolute Gasteiger partial charge is 0.449 e. The molecule has 0 fully saturated rings. The lowest BCUT2D eigenvalue weighted by Gasteiger charge is -2.19. The first-order valence-corrected chi connectivity index (χ1v) is 11.6. The highest BCUT2D eigenvalue weighted by molar-refractivity contribution is 7.92. The Kier molecular flexibility index (Phi) is 5.59. The van der Waals surface area contributed by atoms with E-state index in [1.54, 1.807) is 42.5 Å². The molecule has 2 aromatic heterocycles. The number of hydrogen-bond acceptors (Lipinski definition) is 5. The topological polar surface area (TPSA) is 121 Å². The van der Waals surface area contributed by atoms with Crippen LogP contribution in [0.2, 0.25) is 0 Å². The molecule has 0 atom stereocenters. The highest BCUT2D eigenvalue weighted by Gasteiger charge is 2.21. The number of H-pyrrole nitrogens is 1. The number of fused-ring (bicyclic) bond motifs is 1. The van der Waals surface area contributed by atoms with Crippen LogP contribution in [0.1, 0.15) is 26.3 Å². The molecule has 0 spiro atoms. The predicted molar refractivity (Wildman–Crippen MR) is 126 cm³/mol. The fourth-order valence-electron chi connectivity index (χ4n) is 3.51. The summed E-state index contributed by atoms with van der Waals surface area (Å²) < 4.78 is 33.3. The van der Waals surface area contributed by atoms with E-state index >= 15 is 0 Å². The average Bonchev–Trinajstić information content (AvgIpc) is 3.10. The van der Waals surface area contributed by atoms with Crippen LogP contribution in [0.4, 0.5) is 10.6 Å². The molecule has 0 saturated heterocycles. The minimum atomic E-state index is -3.88. The summed E-state index contributed by atoms with van der Waals surface area (Å²) in [5.41, 5.74) is 2.62. The van der Waals surface area contributed by atoms with Crippen molar-refractivity contribution < 1.29 is 23.1 Å². The van der Waals surface area contributed by atoms with Gasteiger partial charge < -0.3 is 14.8 Å². The van der Waals surface area contributed by atoms with E-state index in [0.29, 0.717) is 22.0 Å². The number of sulfonamides is 1. The number of ether oxygens (including phenoxy) is 1. The molecule has 0 aliphatic rings. The maximum absolute atomic E-state index is 12.9. The van der Waals surface area contributed by atoms with Crippen LogP contribution >= 0.6 is 0 Å². The molecule has 0 radical (unpaired) electrons. The monoisotopic (exact) mass is 465 g/mol. The molecule has 4 rings (SSSR count). The second-order valence-corrected chi connectivity index (χ2v) is 10.2. The molecule has 0 aliphatic carbocycles. The van der Waals surface area contributed by atoms with Gasteiger partial charge >= 0.3 is 6.16 Å². The van der Waals surface area contributed by atoms with Crippen LogP contribution in [0, 0.1) is 0 Å². The molecule has 170 valence electrons. The van der Waals surface area contributed by atoms with E-state index in [2.05, 4.69) is 35.5 Å². The maximum Gasteiger partial charge on any atom is 0.512 e. The highest BCUT2D eigenvalue weighted by atomic mass is 32.2. The first kappa shape index (κ1) is 22.3. The number of aromatic nitrogens is 2. The quantitative estimate of drug-likeness (QED) is 0.340. The molecule has 9 heteroatoms. The Morgan fingerprint density at radius 3 is 2.33 bits per heavy atom. The summed E-state index contributed by atoms with van der Waals surface area (Å²) in [6.07, 6.45) is -0.0387. The van der Waals surface area contributed by atoms with E-state index in [9.17, 15) is 13.2 Å². The highest BCUT2D eigenvalue weighted by Crippen LogP contribution is 2.38. The van der Waals surface area contributed by atoms with Crippen LogP contribution in [0.25, 0.3) is 22.0 Å². The average molecular weight is 466 g/mol. The fourth-order valence-corrected chi connectivity index (χ4v) is 4.51. The fraction of sp³-hybridized carbons (Fsp3) is 0.167. The Morgan fingerprint density at radius 2 is 1.73 bits per heavy atom. The summed E-state index contributed by atoms with van der Waals surface area (Å²) in [5.74, 6) is 0.128. The predicted octanol–water partition coefficient (Wildman–Crippen LogP) is 5.39. The zero-order valence-corrected chi connectivity index (χ0v) is 19.1. The Bertz CT molecular complexity index is 1420. The van der Waals surface area contributed by atoms with E-state index in [1.807, 2.05) is 18.2 Å². The molecule has 4 aromatic rings. The van der Waals surface area contributed by atoms with Crippen molar-refractivity contribution in [1.29, 1.82) is 0 Å². The van der Waals surface area contributed by atoms with Crippen molar-refractivity contribution in [3.05, 3.63) is 72.4 Å². The number of benzene rings is 2. The third kappa shape index (κ3) is 4.68. The molecule has 2 heterocycles. The van der Waals surface area contributed by atoms with Crippen LogP contribution in [0.15, 0.2) is 71.8 Å². The lowest BCUT2D eigenvalue weighted by Crippen LogP contribution is -2.15. The Balaban J connectivity index is 1.74. The van der Waals surface area contributed by atoms with Crippen LogP contribution in [-0.4, -0.2) is 29.6 Å². The van der Waals surface area contributed by atoms with Crippen LogP contribution in [0.3, 0.4) is 0 Å². The van der Waals surface area contributed by atoms with Gasteiger partial charge in [-0.05, 0) is 34.7 Å². The van der Waals surface area contributed by atoms with Gasteiger partial charge in [0.1, 0.15) is 5.82 Å². The number of nitrogens with zero attached hydrogens (tertiary/aromatic N) is 1. The zero-order valence-electron chi connectivity index (χ0n) is 18.3. The van der Waals surface area contributed by atoms with Gasteiger partial charge in [-0.15, -0.1) is 0 Å². The van der Waals surface area contributed by atoms with Gasteiger partial charge in [0.25, 0.3) is 10.0 Å². The van der Waals surface area contributed by atoms with Gasteiger partial charge in [0.05, 0.1) is 22.2 Å². The van der Waals surface area contributed by atoms with E-state index in [1.165, 1.54) is 6.20 Å². The lowest BCUT2D eigenvalue weighted by atomic mass is 9.87. The molecular weight excluding hydrogens is 442 g/mol. The normalized spacial score (nSPS) is 12.0. The third-order valence-electron chi connectivity index (χ3n) is 5.17. The summed E-state index contributed by atoms with van der Waals surface area (Å²) in [5, 5.41) is 9.68. The second kappa shape index (κ2) is 8.25. The molecule has 0 aliphatic heterocycles. The van der Waals surface area contributed by atoms with Gasteiger partial charge in [-0.1, -0.05) is 63.2 Å². The largest absolute Gasteiger partial charge is 0.512 e. The number of pyridine rings is 1.